The van der Waals surface area contributed by atoms with Gasteiger partial charge in [0.1, 0.15) is 9.79 Å². The van der Waals surface area contributed by atoms with Gasteiger partial charge in [0.15, 0.2) is 11.6 Å². The summed E-state index contributed by atoms with van der Waals surface area (Å²) in [6.45, 7) is 14.7. The number of allylic oxidation sites excluding steroid dienone is 1. The Kier molecular flexibility index (Phi) is 19.7. The monoisotopic (exact) mass is 1150 g/mol. The van der Waals surface area contributed by atoms with Gasteiger partial charge in [-0.3, -0.25) is 32.8 Å². The summed E-state index contributed by atoms with van der Waals surface area (Å²) < 4.78 is 117. The molecule has 5 aromatic rings. The van der Waals surface area contributed by atoms with Gasteiger partial charge in [-0.1, -0.05) is 36.9 Å². The number of nitrogens with two attached hydrogens (primary N) is 1. The van der Waals surface area contributed by atoms with Crippen LogP contribution in [0.4, 0.5) is 46.3 Å². The van der Waals surface area contributed by atoms with Crippen LogP contribution >= 0.6 is 0 Å². The van der Waals surface area contributed by atoms with Crippen molar-refractivity contribution in [3.8, 4) is 0 Å². The molecule has 10 N–H and O–H groups in total. The molecule has 4 aromatic carbocycles. The van der Waals surface area contributed by atoms with Gasteiger partial charge in [-0.25, -0.2) is 0 Å². The fraction of sp³-hybridized carbons (Fsp3) is 0.353. The van der Waals surface area contributed by atoms with Gasteiger partial charge >= 0.3 is 0 Å². The number of carbonyl (C=O) groups is 4. The molecule has 1 aromatic heterocycles. The Morgan fingerprint density at radius 2 is 1.35 bits per heavy atom. The second-order valence-corrected chi connectivity index (χ2v) is 23.2. The lowest BCUT2D eigenvalue weighted by Gasteiger charge is -2.26. The van der Waals surface area contributed by atoms with Crippen LogP contribution in [0, 0.1) is 0 Å². The number of nitrogens with one attached hydrogen (secondary N) is 5. The third-order valence-corrected chi connectivity index (χ3v) is 14.9. The molecule has 0 spiro atoms. The third-order valence-electron chi connectivity index (χ3n) is 12.2. The Labute approximate surface area is 457 Å². The zero-order valence-electron chi connectivity index (χ0n) is 43.8. The first-order valence-corrected chi connectivity index (χ1v) is 28.9. The minimum atomic E-state index is -5.14. The largest absolute Gasteiger partial charge is 0.397 e. The topological polar surface area (TPSA) is 378 Å². The van der Waals surface area contributed by atoms with Crippen molar-refractivity contribution in [2.75, 3.05) is 59.8 Å². The zero-order chi connectivity index (χ0) is 58.0. The third kappa shape index (κ3) is 16.6. The average molecular weight is 1150 g/mol. The summed E-state index contributed by atoms with van der Waals surface area (Å²) in [5.74, 6) is -2.34. The molecule has 1 aliphatic rings. The van der Waals surface area contributed by atoms with Crippen LogP contribution in [-0.2, 0) is 49.4 Å². The number of nitrogens with zero attached hydrogens (tertiary/aromatic N) is 4. The van der Waals surface area contributed by atoms with Crippen LogP contribution in [0.25, 0.3) is 0 Å². The molecule has 1 aliphatic carbocycles. The molecule has 2 amide bonds. The smallest absolute Gasteiger partial charge is 0.296 e. The molecule has 25 nitrogen and oxygen atoms in total. The van der Waals surface area contributed by atoms with E-state index in [1.807, 2.05) is 20.8 Å². The highest BCUT2D eigenvalue weighted by atomic mass is 32.2. The maximum absolute atomic E-state index is 13.9. The molecule has 1 atom stereocenters. The molecule has 0 bridgehead atoms. The number of hydrogen-bond acceptors (Lipinski definition) is 20. The number of ether oxygens (including phenoxy) is 2. The summed E-state index contributed by atoms with van der Waals surface area (Å²) in [5, 5.41) is 14.2. The number of nitrogen functional groups attached to an aromatic ring is 1. The van der Waals surface area contributed by atoms with Crippen LogP contribution in [0.5, 0.6) is 0 Å². The van der Waals surface area contributed by atoms with Gasteiger partial charge in [0, 0.05) is 74.4 Å². The van der Waals surface area contributed by atoms with Crippen molar-refractivity contribution in [2.24, 2.45) is 0 Å². The van der Waals surface area contributed by atoms with Gasteiger partial charge in [0.25, 0.3) is 30.4 Å². The number of anilines is 8. The average Bonchev–Trinajstić information content (AvgIpc) is 3.45. The van der Waals surface area contributed by atoms with Crippen LogP contribution in [0.3, 0.4) is 0 Å². The standard InChI is InChI=1S/C51H62N10O15S3/c1-30(2)61(32(4)62)24-11-18-42(63)53-22-10-13-31(3)75-26-21-51(5,6)76-25-12-23-54-48-58-49(56-33-14-9-15-35(27-33)77(66,67)68)60-50(59-48)57-38-20-19-34(28-40(38)78(69,70)71)55-39-29-41(79(72,73)74)45(52)44-43(39)46(64)36-16-7-8-17-37(36)47(44)65/h7-9,14-17,19-20,27-29,31,55H,1,10-13,18,21-26,52H2,2-6H3,(H,53,63)(H,66,67,68)(H,69,70,71)(H,72,73,74)(H3,54,56,57,58,59,60). The lowest BCUT2D eigenvalue weighted by Crippen LogP contribution is -2.30. The number of hydrogen-bond donors (Lipinski definition) is 9. The second-order valence-electron chi connectivity index (χ2n) is 19.0. The van der Waals surface area contributed by atoms with Crippen molar-refractivity contribution in [1.82, 2.24) is 25.2 Å². The van der Waals surface area contributed by atoms with Gasteiger partial charge in [-0.05, 0) is 102 Å². The van der Waals surface area contributed by atoms with E-state index in [-0.39, 0.29) is 88.4 Å². The van der Waals surface area contributed by atoms with Gasteiger partial charge in [-0.15, -0.1) is 0 Å². The fourth-order valence-electron chi connectivity index (χ4n) is 8.23. The first-order valence-electron chi connectivity index (χ1n) is 24.6. The Balaban J connectivity index is 1.12. The van der Waals surface area contributed by atoms with E-state index in [4.69, 9.17) is 15.2 Å². The number of benzene rings is 4. The number of carbonyl (C=O) groups excluding carboxylic acids is 4. The summed E-state index contributed by atoms with van der Waals surface area (Å²) >= 11 is 0. The van der Waals surface area contributed by atoms with E-state index in [2.05, 4.69) is 48.1 Å². The summed E-state index contributed by atoms with van der Waals surface area (Å²) in [7, 11) is -14.9. The van der Waals surface area contributed by atoms with E-state index in [0.29, 0.717) is 57.5 Å². The van der Waals surface area contributed by atoms with Crippen molar-refractivity contribution >= 4 is 100 Å². The quantitative estimate of drug-likeness (QED) is 0.0141. The van der Waals surface area contributed by atoms with E-state index < -0.39 is 73.5 Å². The molecule has 28 heteroatoms. The summed E-state index contributed by atoms with van der Waals surface area (Å²) in [6, 6.07) is 14.9. The minimum Gasteiger partial charge on any atom is -0.397 e. The van der Waals surface area contributed by atoms with E-state index in [0.717, 1.165) is 36.8 Å². The van der Waals surface area contributed by atoms with Crippen molar-refractivity contribution < 1.29 is 67.6 Å². The van der Waals surface area contributed by atoms with Crippen molar-refractivity contribution in [1.29, 1.82) is 0 Å². The predicted octanol–water partition coefficient (Wildman–Crippen LogP) is 6.65. The van der Waals surface area contributed by atoms with Crippen LogP contribution < -0.4 is 32.3 Å². The van der Waals surface area contributed by atoms with Crippen molar-refractivity contribution in [3.63, 3.8) is 0 Å². The number of amides is 2. The van der Waals surface area contributed by atoms with E-state index in [9.17, 15) is 58.1 Å². The molecule has 1 heterocycles. The maximum atomic E-state index is 13.9. The summed E-state index contributed by atoms with van der Waals surface area (Å²) in [5.41, 5.74) is 3.73. The molecule has 0 saturated heterocycles. The highest BCUT2D eigenvalue weighted by Gasteiger charge is 2.37. The minimum absolute atomic E-state index is 0.0337. The molecule has 6 rings (SSSR count). The predicted molar refractivity (Wildman–Crippen MR) is 293 cm³/mol. The molecule has 0 saturated carbocycles. The Hall–Kier alpha value is -7.44. The first-order chi connectivity index (χ1) is 37.0. The van der Waals surface area contributed by atoms with E-state index in [1.165, 1.54) is 49.4 Å². The lowest BCUT2D eigenvalue weighted by atomic mass is 9.82. The second kappa shape index (κ2) is 25.6. The van der Waals surface area contributed by atoms with E-state index >= 15 is 0 Å². The van der Waals surface area contributed by atoms with Gasteiger partial charge in [0.05, 0.1) is 44.8 Å². The van der Waals surface area contributed by atoms with Crippen molar-refractivity contribution in [3.05, 3.63) is 107 Å². The van der Waals surface area contributed by atoms with Crippen molar-refractivity contribution in [2.45, 2.75) is 99.5 Å². The Morgan fingerprint density at radius 1 is 0.722 bits per heavy atom. The maximum Gasteiger partial charge on any atom is 0.296 e. The number of ketones is 2. The number of fused-ring (bicyclic) bond motifs is 2. The van der Waals surface area contributed by atoms with Crippen LogP contribution in [0.1, 0.15) is 105 Å². The molecule has 1 unspecified atom stereocenters. The summed E-state index contributed by atoms with van der Waals surface area (Å²) in [4.78, 5) is 64.0. The molecule has 424 valence electrons. The summed E-state index contributed by atoms with van der Waals surface area (Å²) in [6.07, 6.45) is 3.18. The van der Waals surface area contributed by atoms with E-state index in [1.54, 1.807) is 11.8 Å². The molecule has 0 radical (unpaired) electrons. The number of rotatable bonds is 28. The highest BCUT2D eigenvalue weighted by Crippen LogP contribution is 2.41. The molecule has 79 heavy (non-hydrogen) atoms. The normalized spacial score (nSPS) is 13.0. The lowest BCUT2D eigenvalue weighted by molar-refractivity contribution is -0.127. The molecular formula is C51H62N10O15S3. The first kappa shape index (κ1) is 60.8. The SMILES string of the molecule is C=C(C)N(CCCC(=O)NCCCC(C)OCCC(C)(C)OCCCNc1nc(Nc2cccc(S(=O)(=O)O)c2)nc(Nc2ccc(Nc3cc(S(=O)(=O)O)c(N)c4c3C(=O)c3ccccc3C4=O)cc2S(=O)(=O)O)n1)C(C)=O. The van der Waals surface area contributed by atoms with Gasteiger partial charge in [0.2, 0.25) is 29.7 Å². The Bertz CT molecular complexity index is 3490. The fourth-order valence-corrected chi connectivity index (χ4v) is 10.1. The van der Waals surface area contributed by atoms with Crippen LogP contribution in [0.2, 0.25) is 0 Å². The molecule has 0 aliphatic heterocycles. The highest BCUT2D eigenvalue weighted by molar-refractivity contribution is 7.86. The zero-order valence-corrected chi connectivity index (χ0v) is 46.3. The van der Waals surface area contributed by atoms with Gasteiger partial charge in [-0.2, -0.15) is 40.2 Å². The van der Waals surface area contributed by atoms with Gasteiger partial charge < -0.3 is 46.7 Å². The van der Waals surface area contributed by atoms with Crippen LogP contribution in [-0.4, -0.2) is 127 Å². The van der Waals surface area contributed by atoms with Crippen LogP contribution in [0.15, 0.2) is 99.8 Å². The molecular weight excluding hydrogens is 1090 g/mol. The molecule has 0 fully saturated rings. The number of aromatic nitrogens is 3. The Morgan fingerprint density at radius 3 is 1.99 bits per heavy atom.